The molecule has 1 amide bonds. The normalized spacial score (nSPS) is 10.6. The van der Waals surface area contributed by atoms with Crippen LogP contribution in [-0.2, 0) is 0 Å². The average Bonchev–Trinajstić information content (AvgIpc) is 2.55. The predicted molar refractivity (Wildman–Crippen MR) is 82.6 cm³/mol. The minimum absolute atomic E-state index is 0.316. The number of nitrogens with one attached hydrogen (secondary N) is 1. The number of rotatable bonds is 4. The van der Waals surface area contributed by atoms with Crippen LogP contribution in [0.15, 0.2) is 65.8 Å². The largest absolute Gasteiger partial charge is 0.271 e. The molecule has 2 aromatic carbocycles. The number of nitriles is 1. The zero-order valence-corrected chi connectivity index (χ0v) is 11.2. The quantitative estimate of drug-likeness (QED) is 0.688. The fourth-order valence-corrected chi connectivity index (χ4v) is 1.62. The molecule has 1 N–H and O–H groups in total. The van der Waals surface area contributed by atoms with E-state index in [1.165, 1.54) is 6.21 Å². The molecule has 0 unspecified atom stereocenters. The summed E-state index contributed by atoms with van der Waals surface area (Å²) in [6, 6.07) is 18.1. The molecular weight excluding hydrogens is 262 g/mol. The van der Waals surface area contributed by atoms with Crippen LogP contribution in [0.3, 0.4) is 0 Å². The third-order valence-corrected chi connectivity index (χ3v) is 2.69. The number of nitrogens with zero attached hydrogens (tertiary/aromatic N) is 2. The number of carbonyl (C=O) groups excluding carboxylic acids is 1. The highest BCUT2D eigenvalue weighted by molar-refractivity contribution is 5.94. The molecule has 4 nitrogen and oxygen atoms in total. The van der Waals surface area contributed by atoms with Gasteiger partial charge in [0.15, 0.2) is 0 Å². The van der Waals surface area contributed by atoms with E-state index in [1.807, 2.05) is 42.5 Å². The lowest BCUT2D eigenvalue weighted by molar-refractivity contribution is 0.0955. The number of amides is 1. The second-order valence-corrected chi connectivity index (χ2v) is 4.18. The van der Waals surface area contributed by atoms with Crippen LogP contribution in [0.1, 0.15) is 21.5 Å². The molecule has 0 saturated carbocycles. The van der Waals surface area contributed by atoms with Crippen molar-refractivity contribution in [1.82, 2.24) is 5.43 Å². The van der Waals surface area contributed by atoms with Gasteiger partial charge in [-0.05, 0) is 35.9 Å². The summed E-state index contributed by atoms with van der Waals surface area (Å²) in [5.74, 6) is -0.316. The van der Waals surface area contributed by atoms with Gasteiger partial charge < -0.3 is 0 Å². The molecule has 0 fully saturated rings. The van der Waals surface area contributed by atoms with E-state index < -0.39 is 0 Å². The van der Waals surface area contributed by atoms with E-state index in [-0.39, 0.29) is 5.91 Å². The summed E-state index contributed by atoms with van der Waals surface area (Å²) in [6.45, 7) is 0. The Labute approximate surface area is 123 Å². The Bertz CT molecular complexity index is 695. The SMILES string of the molecule is N#Cc1ccc(C(=O)N/N=C\C=C/c2ccccc2)cc1. The maximum atomic E-state index is 11.7. The number of hydrazone groups is 1. The number of hydrogen-bond donors (Lipinski definition) is 1. The Hall–Kier alpha value is -3.19. The zero-order chi connectivity index (χ0) is 14.9. The summed E-state index contributed by atoms with van der Waals surface area (Å²) in [5.41, 5.74) is 4.45. The molecule has 0 aliphatic heterocycles. The molecule has 0 bridgehead atoms. The van der Waals surface area contributed by atoms with Gasteiger partial charge >= 0.3 is 0 Å². The van der Waals surface area contributed by atoms with Crippen LogP contribution in [0.5, 0.6) is 0 Å². The summed E-state index contributed by atoms with van der Waals surface area (Å²) < 4.78 is 0. The topological polar surface area (TPSA) is 65.2 Å². The van der Waals surface area contributed by atoms with Gasteiger partial charge in [0, 0.05) is 11.8 Å². The molecule has 102 valence electrons. The van der Waals surface area contributed by atoms with Crippen LogP contribution >= 0.6 is 0 Å². The van der Waals surface area contributed by atoms with Crippen LogP contribution in [0, 0.1) is 11.3 Å². The van der Waals surface area contributed by atoms with Gasteiger partial charge in [-0.3, -0.25) is 4.79 Å². The smallest absolute Gasteiger partial charge is 0.267 e. The summed E-state index contributed by atoms with van der Waals surface area (Å²) in [5, 5.41) is 12.5. The lowest BCUT2D eigenvalue weighted by Crippen LogP contribution is -2.17. The molecule has 0 spiro atoms. The van der Waals surface area contributed by atoms with Crippen molar-refractivity contribution in [2.45, 2.75) is 0 Å². The molecule has 0 aliphatic rings. The van der Waals surface area contributed by atoms with E-state index in [2.05, 4.69) is 10.5 Å². The van der Waals surface area contributed by atoms with Crippen LogP contribution in [-0.4, -0.2) is 12.1 Å². The van der Waals surface area contributed by atoms with Crippen molar-refractivity contribution < 1.29 is 4.79 Å². The average molecular weight is 275 g/mol. The number of hydrogen-bond acceptors (Lipinski definition) is 3. The zero-order valence-electron chi connectivity index (χ0n) is 11.2. The monoisotopic (exact) mass is 275 g/mol. The molecule has 0 saturated heterocycles. The first-order chi connectivity index (χ1) is 10.3. The van der Waals surface area contributed by atoms with Crippen molar-refractivity contribution >= 4 is 18.2 Å². The minimum atomic E-state index is -0.316. The van der Waals surface area contributed by atoms with Gasteiger partial charge in [-0.15, -0.1) is 0 Å². The molecule has 0 aromatic heterocycles. The van der Waals surface area contributed by atoms with Crippen LogP contribution in [0.4, 0.5) is 0 Å². The first-order valence-electron chi connectivity index (χ1n) is 6.35. The molecule has 0 atom stereocenters. The fourth-order valence-electron chi connectivity index (χ4n) is 1.62. The van der Waals surface area contributed by atoms with Gasteiger partial charge in [0.25, 0.3) is 5.91 Å². The Balaban J connectivity index is 1.87. The Morgan fingerprint density at radius 3 is 2.48 bits per heavy atom. The minimum Gasteiger partial charge on any atom is -0.267 e. The van der Waals surface area contributed by atoms with Crippen molar-refractivity contribution in [1.29, 1.82) is 5.26 Å². The second-order valence-electron chi connectivity index (χ2n) is 4.18. The number of allylic oxidation sites excluding steroid dienone is 1. The standard InChI is InChI=1S/C17H13N3O/c18-13-15-8-10-16(11-9-15)17(21)20-19-12-4-7-14-5-2-1-3-6-14/h1-12H,(H,20,21)/b7-4-,19-12-. The van der Waals surface area contributed by atoms with E-state index in [0.29, 0.717) is 11.1 Å². The van der Waals surface area contributed by atoms with Crippen LogP contribution in [0.2, 0.25) is 0 Å². The highest BCUT2D eigenvalue weighted by Gasteiger charge is 2.02. The molecule has 0 aliphatic carbocycles. The Kier molecular flexibility index (Phi) is 5.02. The second kappa shape index (κ2) is 7.41. The van der Waals surface area contributed by atoms with Crippen molar-refractivity contribution in [3.05, 3.63) is 77.4 Å². The van der Waals surface area contributed by atoms with Crippen LogP contribution < -0.4 is 5.43 Å². The first kappa shape index (κ1) is 14.2. The van der Waals surface area contributed by atoms with Crippen LogP contribution in [0.25, 0.3) is 6.08 Å². The van der Waals surface area contributed by atoms with E-state index in [4.69, 9.17) is 5.26 Å². The first-order valence-corrected chi connectivity index (χ1v) is 6.35. The van der Waals surface area contributed by atoms with Crippen molar-refractivity contribution in [3.63, 3.8) is 0 Å². The van der Waals surface area contributed by atoms with Gasteiger partial charge in [-0.2, -0.15) is 10.4 Å². The maximum absolute atomic E-state index is 11.7. The summed E-state index contributed by atoms with van der Waals surface area (Å²) in [4.78, 5) is 11.7. The molecule has 0 radical (unpaired) electrons. The van der Waals surface area contributed by atoms with E-state index in [0.717, 1.165) is 5.56 Å². The Morgan fingerprint density at radius 2 is 1.81 bits per heavy atom. The summed E-state index contributed by atoms with van der Waals surface area (Å²) in [6.07, 6.45) is 5.14. The van der Waals surface area contributed by atoms with E-state index in [9.17, 15) is 4.79 Å². The third-order valence-electron chi connectivity index (χ3n) is 2.69. The molecule has 2 aromatic rings. The van der Waals surface area contributed by atoms with E-state index in [1.54, 1.807) is 30.3 Å². The molecule has 21 heavy (non-hydrogen) atoms. The Morgan fingerprint density at radius 1 is 1.10 bits per heavy atom. The van der Waals surface area contributed by atoms with Crippen molar-refractivity contribution in [3.8, 4) is 6.07 Å². The number of carbonyl (C=O) groups is 1. The lowest BCUT2D eigenvalue weighted by Gasteiger charge is -1.98. The van der Waals surface area contributed by atoms with Gasteiger partial charge in [-0.25, -0.2) is 5.43 Å². The highest BCUT2D eigenvalue weighted by Crippen LogP contribution is 2.03. The van der Waals surface area contributed by atoms with E-state index >= 15 is 0 Å². The maximum Gasteiger partial charge on any atom is 0.271 e. The predicted octanol–water partition coefficient (Wildman–Crippen LogP) is 2.99. The van der Waals surface area contributed by atoms with Crippen molar-refractivity contribution in [2.24, 2.45) is 5.10 Å². The third kappa shape index (κ3) is 4.44. The fraction of sp³-hybridized carbons (Fsp3) is 0. The molecule has 0 heterocycles. The van der Waals surface area contributed by atoms with Gasteiger partial charge in [0.1, 0.15) is 0 Å². The molecular formula is C17H13N3O. The number of benzene rings is 2. The van der Waals surface area contributed by atoms with Gasteiger partial charge in [0.05, 0.1) is 11.6 Å². The lowest BCUT2D eigenvalue weighted by atomic mass is 10.1. The van der Waals surface area contributed by atoms with Gasteiger partial charge in [0.2, 0.25) is 0 Å². The van der Waals surface area contributed by atoms with Crippen molar-refractivity contribution in [2.75, 3.05) is 0 Å². The highest BCUT2D eigenvalue weighted by atomic mass is 16.2. The summed E-state index contributed by atoms with van der Waals surface area (Å²) >= 11 is 0. The van der Waals surface area contributed by atoms with Gasteiger partial charge in [-0.1, -0.05) is 36.4 Å². The molecule has 4 heteroatoms. The molecule has 2 rings (SSSR count). The summed E-state index contributed by atoms with van der Waals surface area (Å²) in [7, 11) is 0.